The maximum atomic E-state index is 13.8. The summed E-state index contributed by atoms with van der Waals surface area (Å²) in [4.78, 5) is 45.5. The van der Waals surface area contributed by atoms with Crippen LogP contribution in [-0.2, 0) is 18.9 Å². The van der Waals surface area contributed by atoms with Crippen LogP contribution in [0.1, 0.15) is 54.3 Å². The van der Waals surface area contributed by atoms with E-state index in [1.807, 2.05) is 0 Å². The zero-order valence-corrected chi connectivity index (χ0v) is 35.7. The average molecular weight is 1130 g/mol. The molecule has 2 aromatic rings. The first-order chi connectivity index (χ1) is 32.4. The number of carbonyl (C=O) groups is 4. The number of methoxy groups -OCH3 is 4. The number of aromatic hydroxyl groups is 1. The second-order valence-electron chi connectivity index (χ2n) is 13.6. The van der Waals surface area contributed by atoms with E-state index < -0.39 is 138 Å². The second-order valence-corrected chi connectivity index (χ2v) is 13.6. The van der Waals surface area contributed by atoms with E-state index in [0.717, 1.165) is 20.3 Å². The number of rotatable bonds is 18. The van der Waals surface area contributed by atoms with E-state index in [4.69, 9.17) is 5.11 Å². The first-order valence-electron chi connectivity index (χ1n) is 17.9. The SMILES string of the molecule is COC(=O)c1cc(O)cc(C(=O)OC)c1.COC(=O)c1cc(OCCC(F)(F)C(F)(F)C(F)(F)C(F)(F)C(F)(F)C(F)(F)F)cc(C(=O)OC)c1.OCCC(F)(F)C(F)(F)C(F)(F)C(F)(F)C(F)(F)C(F)(F)F. The van der Waals surface area contributed by atoms with Crippen molar-refractivity contribution in [3.63, 3.8) is 0 Å². The van der Waals surface area contributed by atoms with Crippen molar-refractivity contribution in [1.29, 1.82) is 0 Å². The highest BCUT2D eigenvalue weighted by Crippen LogP contribution is 2.62. The lowest BCUT2D eigenvalue weighted by Crippen LogP contribution is -2.70. The van der Waals surface area contributed by atoms with Crippen LogP contribution in [0, 0.1) is 0 Å². The molecule has 0 aromatic heterocycles. The molecule has 0 unspecified atom stereocenters. The fraction of sp³-hybridized carbons (Fsp3) is 0.556. The fourth-order valence-corrected chi connectivity index (χ4v) is 4.59. The van der Waals surface area contributed by atoms with Gasteiger partial charge in [-0.25, -0.2) is 19.2 Å². The number of carbonyl (C=O) groups excluding carboxylic acids is 4. The molecular formula is C36H28F26O11. The number of hydrogen-bond donors (Lipinski definition) is 2. The number of hydrogen-bond acceptors (Lipinski definition) is 11. The summed E-state index contributed by atoms with van der Waals surface area (Å²) in [5, 5.41) is 17.2. The molecule has 0 saturated carbocycles. The molecule has 0 amide bonds. The van der Waals surface area contributed by atoms with Gasteiger partial charge in [0.1, 0.15) is 11.5 Å². The Morgan fingerprint density at radius 2 is 0.630 bits per heavy atom. The fourth-order valence-electron chi connectivity index (χ4n) is 4.59. The highest BCUT2D eigenvalue weighted by Gasteiger charge is 2.92. The first kappa shape index (κ1) is 67.1. The van der Waals surface area contributed by atoms with Crippen molar-refractivity contribution in [2.24, 2.45) is 0 Å². The monoisotopic (exact) mass is 1130 g/mol. The molecule has 420 valence electrons. The van der Waals surface area contributed by atoms with Crippen LogP contribution in [0.4, 0.5) is 114 Å². The summed E-state index contributed by atoms with van der Waals surface area (Å²) in [5.74, 6) is -78.9. The predicted octanol–water partition coefficient (Wildman–Crippen LogP) is 10.8. The van der Waals surface area contributed by atoms with E-state index in [1.54, 1.807) is 0 Å². The molecule has 37 heteroatoms. The number of phenols is 1. The van der Waals surface area contributed by atoms with Crippen molar-refractivity contribution in [2.75, 3.05) is 41.7 Å². The maximum absolute atomic E-state index is 13.8. The molecule has 0 aliphatic rings. The summed E-state index contributed by atoms with van der Waals surface area (Å²) >= 11 is 0. The summed E-state index contributed by atoms with van der Waals surface area (Å²) in [5.41, 5.74) is -0.795. The molecule has 73 heavy (non-hydrogen) atoms. The third-order valence-corrected chi connectivity index (χ3v) is 8.62. The van der Waals surface area contributed by atoms with Gasteiger partial charge in [-0.15, -0.1) is 0 Å². The zero-order valence-electron chi connectivity index (χ0n) is 35.7. The molecule has 0 saturated heterocycles. The first-order valence-corrected chi connectivity index (χ1v) is 17.9. The quantitative estimate of drug-likeness (QED) is 0.0833. The number of phenolic OH excluding ortho intramolecular Hbond substituents is 1. The van der Waals surface area contributed by atoms with Crippen molar-refractivity contribution >= 4 is 23.9 Å². The van der Waals surface area contributed by atoms with Crippen LogP contribution < -0.4 is 4.74 Å². The Hall–Kier alpha value is -5.94. The Kier molecular flexibility index (Phi) is 20.8. The molecule has 2 aromatic carbocycles. The highest BCUT2D eigenvalue weighted by atomic mass is 19.4. The van der Waals surface area contributed by atoms with Gasteiger partial charge in [-0.1, -0.05) is 0 Å². The lowest BCUT2D eigenvalue weighted by Gasteiger charge is -2.39. The lowest BCUT2D eigenvalue weighted by molar-refractivity contribution is -0.440. The molecule has 0 aliphatic heterocycles. The average Bonchev–Trinajstić information content (AvgIpc) is 3.26. The number of ether oxygens (including phenoxy) is 5. The van der Waals surface area contributed by atoms with Crippen molar-refractivity contribution in [3.05, 3.63) is 58.7 Å². The van der Waals surface area contributed by atoms with Crippen LogP contribution in [0.25, 0.3) is 0 Å². The third-order valence-electron chi connectivity index (χ3n) is 8.62. The van der Waals surface area contributed by atoms with Crippen molar-refractivity contribution < 1.29 is 167 Å². The van der Waals surface area contributed by atoms with Gasteiger partial charge in [0, 0.05) is 13.0 Å². The van der Waals surface area contributed by atoms with Gasteiger partial charge >= 0.3 is 95.5 Å². The molecule has 2 rings (SSSR count). The molecule has 0 spiro atoms. The van der Waals surface area contributed by atoms with Crippen molar-refractivity contribution in [1.82, 2.24) is 0 Å². The second kappa shape index (κ2) is 22.7. The number of aliphatic hydroxyl groups excluding tert-OH is 1. The molecule has 2 N–H and O–H groups in total. The van der Waals surface area contributed by atoms with Gasteiger partial charge in [0.2, 0.25) is 0 Å². The summed E-state index contributed by atoms with van der Waals surface area (Å²) in [7, 11) is 4.16. The minimum atomic E-state index is -8.00. The molecule has 0 atom stereocenters. The van der Waals surface area contributed by atoms with Crippen molar-refractivity contribution in [2.45, 2.75) is 84.4 Å². The number of aliphatic hydroxyl groups is 1. The highest BCUT2D eigenvalue weighted by molar-refractivity contribution is 5.96. The van der Waals surface area contributed by atoms with Crippen LogP contribution in [0.3, 0.4) is 0 Å². The Bertz CT molecular complexity index is 2170. The van der Waals surface area contributed by atoms with E-state index in [2.05, 4.69) is 23.7 Å². The third kappa shape index (κ3) is 13.2. The predicted molar refractivity (Wildman–Crippen MR) is 183 cm³/mol. The van der Waals surface area contributed by atoms with Crippen LogP contribution in [-0.4, -0.2) is 147 Å². The number of alkyl halides is 26. The van der Waals surface area contributed by atoms with Gasteiger partial charge in [-0.3, -0.25) is 0 Å². The molecule has 0 radical (unpaired) electrons. The van der Waals surface area contributed by atoms with Crippen molar-refractivity contribution in [3.8, 4) is 11.5 Å². The number of halogens is 26. The Morgan fingerprint density at radius 1 is 0.384 bits per heavy atom. The van der Waals surface area contributed by atoms with Gasteiger partial charge in [-0.2, -0.15) is 114 Å². The smallest absolute Gasteiger partial charge is 0.460 e. The Labute approximate surface area is 387 Å². The van der Waals surface area contributed by atoms with Crippen LogP contribution >= 0.6 is 0 Å². The largest absolute Gasteiger partial charge is 0.508 e. The summed E-state index contributed by atoms with van der Waals surface area (Å²) in [6.45, 7) is -3.73. The molecule has 0 aliphatic carbocycles. The van der Waals surface area contributed by atoms with E-state index in [9.17, 15) is 138 Å². The van der Waals surface area contributed by atoms with Crippen LogP contribution in [0.5, 0.6) is 11.5 Å². The molecule has 0 bridgehead atoms. The number of esters is 4. The van der Waals surface area contributed by atoms with Gasteiger partial charge < -0.3 is 33.9 Å². The summed E-state index contributed by atoms with van der Waals surface area (Å²) in [6, 6.07) is 5.91. The van der Waals surface area contributed by atoms with E-state index in [-0.39, 0.29) is 16.9 Å². The zero-order chi connectivity index (χ0) is 58.4. The van der Waals surface area contributed by atoms with Crippen LogP contribution in [0.15, 0.2) is 36.4 Å². The maximum Gasteiger partial charge on any atom is 0.460 e. The normalized spacial score (nSPS) is 13.6. The van der Waals surface area contributed by atoms with E-state index in [1.165, 1.54) is 32.4 Å². The van der Waals surface area contributed by atoms with E-state index in [0.29, 0.717) is 12.1 Å². The molecule has 0 heterocycles. The Balaban J connectivity index is 0.00000118. The standard InChI is InChI=1S/C18H13F13O5.C10H10O5.C8H5F13O/c1-34-11(32)8-5-9(12(33)35-2)7-10(6-8)36-4-3-13(19,20)14(21,22)15(23,24)16(25,26)17(27,28)18(29,30)31;1-14-9(12)6-3-7(10(13)15-2)5-8(11)4-6;9-3(10,1-2-22)4(11,12)5(13,14)6(15,16)7(17,18)8(19,20)21/h5-7H,3-4H2,1-2H3;3-5,11H,1-2H3;22H,1-2H2. The topological polar surface area (TPSA) is 155 Å². The Morgan fingerprint density at radius 3 is 0.877 bits per heavy atom. The summed E-state index contributed by atoms with van der Waals surface area (Å²) < 4.78 is 354. The summed E-state index contributed by atoms with van der Waals surface area (Å²) in [6.07, 6.45) is -20.1. The van der Waals surface area contributed by atoms with Gasteiger partial charge in [0.05, 0.1) is 63.7 Å². The number of benzene rings is 2. The minimum absolute atomic E-state index is 0.0953. The lowest BCUT2D eigenvalue weighted by atomic mass is 9.93. The molecule has 11 nitrogen and oxygen atoms in total. The van der Waals surface area contributed by atoms with Gasteiger partial charge in [0.25, 0.3) is 0 Å². The van der Waals surface area contributed by atoms with Gasteiger partial charge in [-0.05, 0) is 36.4 Å². The van der Waals surface area contributed by atoms with Crippen LogP contribution in [0.2, 0.25) is 0 Å². The molecule has 0 fully saturated rings. The molecular weight excluding hydrogens is 1100 g/mol. The van der Waals surface area contributed by atoms with E-state index >= 15 is 0 Å². The minimum Gasteiger partial charge on any atom is -0.508 e. The van der Waals surface area contributed by atoms with Gasteiger partial charge in [0.15, 0.2) is 0 Å².